The number of hydrogen-bond acceptors (Lipinski definition) is 6. The fourth-order valence-corrected chi connectivity index (χ4v) is 3.39. The number of urea groups is 1. The molecule has 0 saturated carbocycles. The molecule has 2 amide bonds. The number of para-hydroxylation sites is 1. The molecule has 0 radical (unpaired) electrons. The molecule has 1 aromatic carbocycles. The zero-order valence-corrected chi connectivity index (χ0v) is 16.1. The molecule has 2 aromatic rings. The molecule has 2 heterocycles. The number of piperidine rings is 1. The van der Waals surface area contributed by atoms with E-state index in [4.69, 9.17) is 9.26 Å². The van der Waals surface area contributed by atoms with Gasteiger partial charge in [0.15, 0.2) is 0 Å². The van der Waals surface area contributed by atoms with Crippen molar-refractivity contribution in [2.75, 3.05) is 20.2 Å². The first-order chi connectivity index (χ1) is 13.4. The number of carboxylic acid groups (broad SMARTS) is 1. The van der Waals surface area contributed by atoms with Gasteiger partial charge in [0.2, 0.25) is 11.7 Å². The summed E-state index contributed by atoms with van der Waals surface area (Å²) in [5.41, 5.74) is 0.697. The number of carboxylic acids is 1. The SMILES string of the molecule is COc1ccccc1-c1noc(C(C)NC(=O)N2CCC(C(=O)O)C(C)C2)n1. The van der Waals surface area contributed by atoms with Gasteiger partial charge in [-0.1, -0.05) is 24.2 Å². The summed E-state index contributed by atoms with van der Waals surface area (Å²) >= 11 is 0. The Morgan fingerprint density at radius 3 is 2.82 bits per heavy atom. The number of ether oxygens (including phenoxy) is 1. The normalized spacial score (nSPS) is 20.5. The average Bonchev–Trinajstić information content (AvgIpc) is 3.17. The summed E-state index contributed by atoms with van der Waals surface area (Å²) in [5.74, 6) is -0.0432. The van der Waals surface area contributed by atoms with Gasteiger partial charge in [0.05, 0.1) is 18.6 Å². The van der Waals surface area contributed by atoms with Gasteiger partial charge in [0.1, 0.15) is 11.8 Å². The number of hydrogen-bond donors (Lipinski definition) is 2. The van der Waals surface area contributed by atoms with Crippen LogP contribution in [0.4, 0.5) is 4.79 Å². The van der Waals surface area contributed by atoms with Gasteiger partial charge in [-0.05, 0) is 31.4 Å². The van der Waals surface area contributed by atoms with Crippen LogP contribution < -0.4 is 10.1 Å². The van der Waals surface area contributed by atoms with Crippen LogP contribution in [-0.4, -0.2) is 52.3 Å². The van der Waals surface area contributed by atoms with Gasteiger partial charge in [-0.25, -0.2) is 4.79 Å². The molecule has 1 saturated heterocycles. The molecule has 3 rings (SSSR count). The number of likely N-dealkylation sites (tertiary alicyclic amines) is 1. The molecule has 9 heteroatoms. The van der Waals surface area contributed by atoms with Gasteiger partial charge in [-0.3, -0.25) is 4.79 Å². The first kappa shape index (κ1) is 19.7. The van der Waals surface area contributed by atoms with Crippen LogP contribution in [0.1, 0.15) is 32.2 Å². The van der Waals surface area contributed by atoms with Crippen LogP contribution in [0.3, 0.4) is 0 Å². The summed E-state index contributed by atoms with van der Waals surface area (Å²) in [4.78, 5) is 29.7. The van der Waals surface area contributed by atoms with Gasteiger partial charge in [-0.15, -0.1) is 0 Å². The highest BCUT2D eigenvalue weighted by atomic mass is 16.5. The van der Waals surface area contributed by atoms with E-state index in [0.29, 0.717) is 36.6 Å². The maximum Gasteiger partial charge on any atom is 0.318 e. The monoisotopic (exact) mass is 388 g/mol. The minimum atomic E-state index is -0.810. The van der Waals surface area contributed by atoms with E-state index in [0.717, 1.165) is 0 Å². The van der Waals surface area contributed by atoms with Crippen LogP contribution in [0.25, 0.3) is 11.4 Å². The first-order valence-corrected chi connectivity index (χ1v) is 9.16. The largest absolute Gasteiger partial charge is 0.496 e. The van der Waals surface area contributed by atoms with E-state index in [2.05, 4.69) is 15.5 Å². The van der Waals surface area contributed by atoms with E-state index in [1.807, 2.05) is 25.1 Å². The smallest absolute Gasteiger partial charge is 0.318 e. The van der Waals surface area contributed by atoms with Crippen molar-refractivity contribution in [3.8, 4) is 17.1 Å². The Kier molecular flexibility index (Phi) is 5.81. The second-order valence-corrected chi connectivity index (χ2v) is 6.98. The molecule has 1 aliphatic heterocycles. The molecule has 1 aliphatic rings. The Hall–Kier alpha value is -3.10. The fourth-order valence-electron chi connectivity index (χ4n) is 3.39. The van der Waals surface area contributed by atoms with E-state index in [1.165, 1.54) is 0 Å². The minimum absolute atomic E-state index is 0.104. The first-order valence-electron chi connectivity index (χ1n) is 9.16. The van der Waals surface area contributed by atoms with Crippen LogP contribution in [-0.2, 0) is 4.79 Å². The Labute approximate surface area is 162 Å². The van der Waals surface area contributed by atoms with E-state index < -0.39 is 17.9 Å². The number of nitrogens with zero attached hydrogens (tertiary/aromatic N) is 3. The van der Waals surface area contributed by atoms with E-state index in [-0.39, 0.29) is 17.8 Å². The molecular formula is C19H24N4O5. The van der Waals surface area contributed by atoms with Gasteiger partial charge in [-0.2, -0.15) is 4.98 Å². The molecule has 9 nitrogen and oxygen atoms in total. The number of carbonyl (C=O) groups is 2. The number of benzene rings is 1. The molecule has 0 bridgehead atoms. The minimum Gasteiger partial charge on any atom is -0.496 e. The van der Waals surface area contributed by atoms with Gasteiger partial charge in [0, 0.05) is 13.1 Å². The van der Waals surface area contributed by atoms with Crippen LogP contribution >= 0.6 is 0 Å². The molecule has 150 valence electrons. The van der Waals surface area contributed by atoms with Crippen LogP contribution in [0.2, 0.25) is 0 Å². The molecule has 1 fully saturated rings. The molecule has 28 heavy (non-hydrogen) atoms. The number of amides is 2. The molecule has 3 unspecified atom stereocenters. The van der Waals surface area contributed by atoms with Crippen molar-refractivity contribution in [3.63, 3.8) is 0 Å². The highest BCUT2D eigenvalue weighted by Crippen LogP contribution is 2.28. The molecule has 3 atom stereocenters. The predicted octanol–water partition coefficient (Wildman–Crippen LogP) is 2.56. The van der Waals surface area contributed by atoms with Gasteiger partial charge >= 0.3 is 12.0 Å². The Morgan fingerprint density at radius 2 is 2.14 bits per heavy atom. The molecule has 0 aliphatic carbocycles. The number of nitrogens with one attached hydrogen (secondary N) is 1. The molecule has 1 aromatic heterocycles. The maximum absolute atomic E-state index is 12.5. The van der Waals surface area contributed by atoms with Crippen molar-refractivity contribution in [2.24, 2.45) is 11.8 Å². The third kappa shape index (κ3) is 4.08. The molecule has 2 N–H and O–H groups in total. The number of aromatic nitrogens is 2. The predicted molar refractivity (Wildman–Crippen MR) is 99.7 cm³/mol. The lowest BCUT2D eigenvalue weighted by molar-refractivity contribution is -0.145. The zero-order chi connectivity index (χ0) is 20.3. The quantitative estimate of drug-likeness (QED) is 0.808. The van der Waals surface area contributed by atoms with Crippen LogP contribution in [0, 0.1) is 11.8 Å². The summed E-state index contributed by atoms with van der Waals surface area (Å²) in [5, 5.41) is 16.0. The van der Waals surface area contributed by atoms with E-state index in [1.54, 1.807) is 25.0 Å². The Balaban J connectivity index is 1.64. The second-order valence-electron chi connectivity index (χ2n) is 6.98. The van der Waals surface area contributed by atoms with Gasteiger partial charge < -0.3 is 24.6 Å². The number of aliphatic carboxylic acids is 1. The van der Waals surface area contributed by atoms with Gasteiger partial charge in [0.25, 0.3) is 0 Å². The lowest BCUT2D eigenvalue weighted by Crippen LogP contribution is -2.49. The summed E-state index contributed by atoms with van der Waals surface area (Å²) < 4.78 is 10.6. The summed E-state index contributed by atoms with van der Waals surface area (Å²) in [7, 11) is 1.57. The lowest BCUT2D eigenvalue weighted by atomic mass is 9.87. The summed E-state index contributed by atoms with van der Waals surface area (Å²) in [6, 6.07) is 6.56. The highest BCUT2D eigenvalue weighted by Gasteiger charge is 2.33. The number of rotatable bonds is 5. The highest BCUT2D eigenvalue weighted by molar-refractivity contribution is 5.76. The third-order valence-corrected chi connectivity index (χ3v) is 5.01. The third-order valence-electron chi connectivity index (χ3n) is 5.01. The van der Waals surface area contributed by atoms with Crippen molar-refractivity contribution >= 4 is 12.0 Å². The number of carbonyl (C=O) groups excluding carboxylic acids is 1. The maximum atomic E-state index is 12.5. The molecular weight excluding hydrogens is 364 g/mol. The Morgan fingerprint density at radius 1 is 1.39 bits per heavy atom. The molecule has 0 spiro atoms. The second kappa shape index (κ2) is 8.28. The zero-order valence-electron chi connectivity index (χ0n) is 16.1. The topological polar surface area (TPSA) is 118 Å². The van der Waals surface area contributed by atoms with Crippen molar-refractivity contribution in [3.05, 3.63) is 30.2 Å². The van der Waals surface area contributed by atoms with Crippen LogP contribution in [0.15, 0.2) is 28.8 Å². The Bertz CT molecular complexity index is 852. The lowest BCUT2D eigenvalue weighted by Gasteiger charge is -2.35. The van der Waals surface area contributed by atoms with Crippen molar-refractivity contribution in [1.82, 2.24) is 20.4 Å². The summed E-state index contributed by atoms with van der Waals surface area (Å²) in [6.07, 6.45) is 0.441. The van der Waals surface area contributed by atoms with E-state index >= 15 is 0 Å². The summed E-state index contributed by atoms with van der Waals surface area (Å²) in [6.45, 7) is 4.39. The van der Waals surface area contributed by atoms with E-state index in [9.17, 15) is 14.7 Å². The fraction of sp³-hybridized carbons (Fsp3) is 0.474. The van der Waals surface area contributed by atoms with Crippen molar-refractivity contribution < 1.29 is 24.0 Å². The number of methoxy groups -OCH3 is 1. The average molecular weight is 388 g/mol. The van der Waals surface area contributed by atoms with Crippen molar-refractivity contribution in [2.45, 2.75) is 26.3 Å². The van der Waals surface area contributed by atoms with Crippen LogP contribution in [0.5, 0.6) is 5.75 Å². The van der Waals surface area contributed by atoms with Crippen molar-refractivity contribution in [1.29, 1.82) is 0 Å². The standard InChI is InChI=1S/C19H24N4O5/c1-11-10-23(9-8-13(11)18(24)25)19(26)20-12(2)17-21-16(22-28-17)14-6-4-5-7-15(14)27-3/h4-7,11-13H,8-10H2,1-3H3,(H,20,26)(H,24,25).